The molecule has 3 aromatic rings. The van der Waals surface area contributed by atoms with Crippen molar-refractivity contribution in [3.8, 4) is 0 Å². The molecule has 1 aliphatic heterocycles. The minimum absolute atomic E-state index is 0.128. The van der Waals surface area contributed by atoms with Crippen molar-refractivity contribution < 1.29 is 14.3 Å². The van der Waals surface area contributed by atoms with Crippen LogP contribution in [0.1, 0.15) is 34.1 Å². The third kappa shape index (κ3) is 3.20. The minimum atomic E-state index is -0.432. The minimum Gasteiger partial charge on any atom is -0.462 e. The van der Waals surface area contributed by atoms with Crippen LogP contribution < -0.4 is 0 Å². The smallest absolute Gasteiger partial charge is 0.341 e. The first-order chi connectivity index (χ1) is 13.6. The van der Waals surface area contributed by atoms with Gasteiger partial charge in [0, 0.05) is 29.2 Å². The monoisotopic (exact) mass is 374 g/mol. The average Bonchev–Trinajstić information content (AvgIpc) is 2.96. The molecule has 0 radical (unpaired) electrons. The third-order valence-electron chi connectivity index (χ3n) is 5.03. The van der Waals surface area contributed by atoms with E-state index < -0.39 is 5.97 Å². The van der Waals surface area contributed by atoms with E-state index in [1.807, 2.05) is 55.5 Å². The Kier molecular flexibility index (Phi) is 4.74. The van der Waals surface area contributed by atoms with Crippen molar-refractivity contribution in [3.63, 3.8) is 0 Å². The molecule has 28 heavy (non-hydrogen) atoms. The van der Waals surface area contributed by atoms with Gasteiger partial charge >= 0.3 is 5.97 Å². The van der Waals surface area contributed by atoms with E-state index in [-0.39, 0.29) is 12.5 Å². The molecule has 0 fully saturated rings. The van der Waals surface area contributed by atoms with Crippen molar-refractivity contribution in [2.75, 3.05) is 13.2 Å². The van der Waals surface area contributed by atoms with E-state index in [9.17, 15) is 9.59 Å². The summed E-state index contributed by atoms with van der Waals surface area (Å²) in [6, 6.07) is 15.4. The number of amides is 1. The Hall–Kier alpha value is -3.34. The number of benzene rings is 2. The van der Waals surface area contributed by atoms with Crippen LogP contribution in [0, 0.1) is 6.92 Å². The summed E-state index contributed by atoms with van der Waals surface area (Å²) in [6.45, 7) is 4.52. The topological polar surface area (TPSA) is 62.4 Å². The lowest BCUT2D eigenvalue weighted by atomic mass is 10.0. The lowest BCUT2D eigenvalue weighted by Crippen LogP contribution is -2.28. The molecule has 0 saturated heterocycles. The molecule has 0 bridgehead atoms. The van der Waals surface area contributed by atoms with Gasteiger partial charge in [0.05, 0.1) is 17.9 Å². The first-order valence-electron chi connectivity index (χ1n) is 9.45. The van der Waals surface area contributed by atoms with Crippen LogP contribution in [-0.2, 0) is 16.0 Å². The van der Waals surface area contributed by atoms with Gasteiger partial charge in [-0.3, -0.25) is 4.79 Å². The number of carbonyl (C=O) groups excluding carboxylic acids is 2. The van der Waals surface area contributed by atoms with Gasteiger partial charge in [0.1, 0.15) is 0 Å². The van der Waals surface area contributed by atoms with Crippen LogP contribution in [0.5, 0.6) is 0 Å². The molecular weight excluding hydrogens is 352 g/mol. The fraction of sp³-hybridized carbons (Fsp3) is 0.217. The number of nitrogens with zero attached hydrogens (tertiary/aromatic N) is 1. The van der Waals surface area contributed by atoms with Crippen LogP contribution in [0.4, 0.5) is 0 Å². The van der Waals surface area contributed by atoms with E-state index >= 15 is 0 Å². The summed E-state index contributed by atoms with van der Waals surface area (Å²) in [5.41, 5.74) is 4.82. The number of aromatic nitrogens is 1. The zero-order valence-corrected chi connectivity index (χ0v) is 16.0. The summed E-state index contributed by atoms with van der Waals surface area (Å²) >= 11 is 0. The molecule has 1 N–H and O–H groups in total. The Bertz CT molecular complexity index is 1080. The number of fused-ring (bicyclic) bond motifs is 3. The van der Waals surface area contributed by atoms with Gasteiger partial charge in [-0.2, -0.15) is 0 Å². The van der Waals surface area contributed by atoms with Gasteiger partial charge < -0.3 is 14.6 Å². The van der Waals surface area contributed by atoms with Crippen LogP contribution in [0.25, 0.3) is 16.5 Å². The summed E-state index contributed by atoms with van der Waals surface area (Å²) in [6.07, 6.45) is 2.28. The lowest BCUT2D eigenvalue weighted by Gasteiger charge is -2.18. The van der Waals surface area contributed by atoms with Crippen molar-refractivity contribution in [1.29, 1.82) is 0 Å². The number of rotatable bonds is 3. The number of hydrogen-bond acceptors (Lipinski definition) is 3. The van der Waals surface area contributed by atoms with Gasteiger partial charge in [-0.25, -0.2) is 4.79 Å². The van der Waals surface area contributed by atoms with Gasteiger partial charge in [0.25, 0.3) is 5.91 Å². The van der Waals surface area contributed by atoms with E-state index in [2.05, 4.69) is 4.98 Å². The molecule has 0 spiro atoms. The molecule has 0 unspecified atom stereocenters. The highest BCUT2D eigenvalue weighted by molar-refractivity contribution is 6.18. The molecule has 1 amide bonds. The molecule has 142 valence electrons. The molecule has 1 aliphatic rings. The molecule has 5 nitrogen and oxygen atoms in total. The standard InChI is InChI=1S/C23H22N2O3/c1-3-28-23(27)19-14-25(22(26)16-10-8-15(2)9-11-16)13-12-18-17-6-4-5-7-20(17)24-21(18)19/h4-11,14,24H,3,12-13H2,1-2H3. The second-order valence-electron chi connectivity index (χ2n) is 6.90. The maximum absolute atomic E-state index is 13.0. The predicted molar refractivity (Wildman–Crippen MR) is 109 cm³/mol. The summed E-state index contributed by atoms with van der Waals surface area (Å²) in [5.74, 6) is -0.560. The van der Waals surface area contributed by atoms with E-state index in [1.165, 1.54) is 0 Å². The van der Waals surface area contributed by atoms with E-state index in [4.69, 9.17) is 4.74 Å². The highest BCUT2D eigenvalue weighted by Crippen LogP contribution is 2.31. The SMILES string of the molecule is CCOC(=O)C1=CN(C(=O)c2ccc(C)cc2)CCc2c1[nH]c1ccccc21. The Morgan fingerprint density at radius 3 is 2.61 bits per heavy atom. The maximum atomic E-state index is 13.0. The van der Waals surface area contributed by atoms with Crippen molar-refractivity contribution in [1.82, 2.24) is 9.88 Å². The number of para-hydroxylation sites is 1. The van der Waals surface area contributed by atoms with Crippen molar-refractivity contribution in [2.24, 2.45) is 0 Å². The molecule has 4 rings (SSSR count). The summed E-state index contributed by atoms with van der Waals surface area (Å²) in [4.78, 5) is 30.7. The van der Waals surface area contributed by atoms with Gasteiger partial charge in [-0.15, -0.1) is 0 Å². The number of aryl methyl sites for hydroxylation is 1. The predicted octanol–water partition coefficient (Wildman–Crippen LogP) is 4.08. The molecule has 1 aromatic heterocycles. The van der Waals surface area contributed by atoms with Gasteiger partial charge in [0.15, 0.2) is 0 Å². The maximum Gasteiger partial charge on any atom is 0.341 e. The van der Waals surface area contributed by atoms with Crippen LogP contribution in [0.2, 0.25) is 0 Å². The van der Waals surface area contributed by atoms with E-state index in [0.717, 1.165) is 27.7 Å². The lowest BCUT2D eigenvalue weighted by molar-refractivity contribution is -0.136. The first kappa shape index (κ1) is 18.0. The highest BCUT2D eigenvalue weighted by atomic mass is 16.5. The number of aromatic amines is 1. The number of esters is 1. The van der Waals surface area contributed by atoms with E-state index in [0.29, 0.717) is 24.1 Å². The third-order valence-corrected chi connectivity index (χ3v) is 5.03. The Labute approximate surface area is 163 Å². The second-order valence-corrected chi connectivity index (χ2v) is 6.90. The Morgan fingerprint density at radius 2 is 1.86 bits per heavy atom. The van der Waals surface area contributed by atoms with E-state index in [1.54, 1.807) is 18.0 Å². The Balaban J connectivity index is 1.79. The van der Waals surface area contributed by atoms with Crippen LogP contribution in [-0.4, -0.2) is 34.9 Å². The zero-order valence-electron chi connectivity index (χ0n) is 16.0. The molecule has 0 atom stereocenters. The normalized spacial score (nSPS) is 13.6. The number of H-pyrrole nitrogens is 1. The molecule has 5 heteroatoms. The summed E-state index contributed by atoms with van der Waals surface area (Å²) in [5, 5.41) is 1.07. The average molecular weight is 374 g/mol. The highest BCUT2D eigenvalue weighted by Gasteiger charge is 2.27. The molecule has 2 heterocycles. The number of hydrogen-bond donors (Lipinski definition) is 1. The molecule has 0 saturated carbocycles. The first-order valence-corrected chi connectivity index (χ1v) is 9.45. The molecular formula is C23H22N2O3. The van der Waals surface area contributed by atoms with Crippen molar-refractivity contribution >= 4 is 28.4 Å². The van der Waals surface area contributed by atoms with Crippen molar-refractivity contribution in [2.45, 2.75) is 20.3 Å². The van der Waals surface area contributed by atoms with Crippen LogP contribution in [0.15, 0.2) is 54.7 Å². The fourth-order valence-electron chi connectivity index (χ4n) is 3.59. The van der Waals surface area contributed by atoms with Crippen LogP contribution >= 0.6 is 0 Å². The fourth-order valence-corrected chi connectivity index (χ4v) is 3.59. The zero-order chi connectivity index (χ0) is 19.7. The number of ether oxygens (including phenoxy) is 1. The number of nitrogens with one attached hydrogen (secondary N) is 1. The largest absolute Gasteiger partial charge is 0.462 e. The summed E-state index contributed by atoms with van der Waals surface area (Å²) in [7, 11) is 0. The van der Waals surface area contributed by atoms with Gasteiger partial charge in [-0.1, -0.05) is 35.9 Å². The Morgan fingerprint density at radius 1 is 1.11 bits per heavy atom. The molecule has 0 aliphatic carbocycles. The number of carbonyl (C=O) groups is 2. The summed E-state index contributed by atoms with van der Waals surface area (Å²) < 4.78 is 5.27. The van der Waals surface area contributed by atoms with Crippen LogP contribution in [0.3, 0.4) is 0 Å². The van der Waals surface area contributed by atoms with Gasteiger partial charge in [0.2, 0.25) is 0 Å². The van der Waals surface area contributed by atoms with Crippen molar-refractivity contribution in [3.05, 3.63) is 77.1 Å². The van der Waals surface area contributed by atoms with Gasteiger partial charge in [-0.05, 0) is 44.0 Å². The quantitative estimate of drug-likeness (QED) is 0.703. The molecule has 2 aromatic carbocycles. The second kappa shape index (κ2) is 7.35.